The molecular weight excluding hydrogens is 346 g/mol. The molecular formula is C17H17NO6S. The monoisotopic (exact) mass is 363 g/mol. The molecule has 1 aliphatic heterocycles. The number of benzene rings is 1. The van der Waals surface area contributed by atoms with Crippen molar-refractivity contribution >= 4 is 23.2 Å². The highest BCUT2D eigenvalue weighted by Gasteiger charge is 2.22. The normalized spacial score (nSPS) is 14.0. The van der Waals surface area contributed by atoms with E-state index in [4.69, 9.17) is 19.3 Å². The van der Waals surface area contributed by atoms with Crippen LogP contribution in [0.15, 0.2) is 30.3 Å². The van der Waals surface area contributed by atoms with E-state index in [1.807, 2.05) is 24.3 Å². The van der Waals surface area contributed by atoms with Gasteiger partial charge in [-0.15, -0.1) is 11.3 Å². The summed E-state index contributed by atoms with van der Waals surface area (Å²) in [5.74, 6) is -0.209. The minimum atomic E-state index is -1.14. The lowest BCUT2D eigenvalue weighted by molar-refractivity contribution is -0.140. The number of carboxylic acid groups (broad SMARTS) is 1. The van der Waals surface area contributed by atoms with Crippen molar-refractivity contribution in [3.63, 3.8) is 0 Å². The average molecular weight is 363 g/mol. The Hall–Kier alpha value is -2.58. The molecule has 132 valence electrons. The van der Waals surface area contributed by atoms with Crippen molar-refractivity contribution in [1.29, 1.82) is 0 Å². The number of methoxy groups -OCH3 is 1. The smallest absolute Gasteiger partial charge is 0.328 e. The molecule has 2 N–H and O–H groups in total. The minimum absolute atomic E-state index is 0.0958. The van der Waals surface area contributed by atoms with E-state index >= 15 is 0 Å². The van der Waals surface area contributed by atoms with E-state index in [0.717, 1.165) is 10.4 Å². The first kappa shape index (κ1) is 17.2. The van der Waals surface area contributed by atoms with Crippen molar-refractivity contribution in [2.45, 2.75) is 6.04 Å². The van der Waals surface area contributed by atoms with Crippen LogP contribution in [0.5, 0.6) is 11.5 Å². The van der Waals surface area contributed by atoms with Gasteiger partial charge in [0.25, 0.3) is 5.91 Å². The molecule has 1 unspecified atom stereocenters. The molecule has 0 aliphatic carbocycles. The largest absolute Gasteiger partial charge is 0.486 e. The first-order valence-corrected chi connectivity index (χ1v) is 8.42. The minimum Gasteiger partial charge on any atom is -0.486 e. The first-order valence-electron chi connectivity index (χ1n) is 7.61. The lowest BCUT2D eigenvalue weighted by atomic mass is 10.1. The molecule has 0 bridgehead atoms. The summed E-state index contributed by atoms with van der Waals surface area (Å²) in [4.78, 5) is 24.6. The number of carbonyl (C=O) groups excluding carboxylic acids is 1. The van der Waals surface area contributed by atoms with Crippen molar-refractivity contribution < 1.29 is 28.9 Å². The quantitative estimate of drug-likeness (QED) is 0.815. The van der Waals surface area contributed by atoms with Crippen LogP contribution in [0, 0.1) is 0 Å². The maximum Gasteiger partial charge on any atom is 0.328 e. The molecule has 1 amide bonds. The Bertz CT molecular complexity index is 787. The van der Waals surface area contributed by atoms with Crippen LogP contribution in [0.25, 0.3) is 10.4 Å². The Balaban J connectivity index is 1.75. The third-order valence-electron chi connectivity index (χ3n) is 3.59. The molecule has 0 fully saturated rings. The van der Waals surface area contributed by atoms with Gasteiger partial charge in [0.05, 0.1) is 11.5 Å². The van der Waals surface area contributed by atoms with Gasteiger partial charge in [0.1, 0.15) is 13.2 Å². The Morgan fingerprint density at radius 1 is 1.24 bits per heavy atom. The topological polar surface area (TPSA) is 94.1 Å². The third-order valence-corrected chi connectivity index (χ3v) is 4.73. The molecule has 2 aromatic rings. The number of carboxylic acids is 1. The van der Waals surface area contributed by atoms with E-state index in [1.165, 1.54) is 18.4 Å². The van der Waals surface area contributed by atoms with Crippen LogP contribution in [0.3, 0.4) is 0 Å². The van der Waals surface area contributed by atoms with E-state index in [0.29, 0.717) is 29.6 Å². The molecule has 8 heteroatoms. The molecule has 1 aromatic carbocycles. The van der Waals surface area contributed by atoms with Crippen molar-refractivity contribution in [1.82, 2.24) is 5.32 Å². The number of amides is 1. The second-order valence-corrected chi connectivity index (χ2v) is 6.43. The van der Waals surface area contributed by atoms with Crippen LogP contribution in [0.1, 0.15) is 9.67 Å². The number of hydrogen-bond donors (Lipinski definition) is 2. The molecule has 1 aromatic heterocycles. The number of nitrogens with one attached hydrogen (secondary N) is 1. The fourth-order valence-electron chi connectivity index (χ4n) is 2.38. The molecule has 7 nitrogen and oxygen atoms in total. The Kier molecular flexibility index (Phi) is 5.20. The number of hydrogen-bond acceptors (Lipinski definition) is 6. The molecule has 1 atom stereocenters. The highest BCUT2D eigenvalue weighted by atomic mass is 32.1. The predicted octanol–water partition coefficient (Wildman–Crippen LogP) is 2.02. The van der Waals surface area contributed by atoms with Crippen LogP contribution in [-0.2, 0) is 9.53 Å². The number of thiophene rings is 1. The fraction of sp³-hybridized carbons (Fsp3) is 0.294. The molecule has 2 heterocycles. The second kappa shape index (κ2) is 7.54. The van der Waals surface area contributed by atoms with Gasteiger partial charge in [0.2, 0.25) is 0 Å². The first-order chi connectivity index (χ1) is 12.1. The number of carbonyl (C=O) groups is 2. The third kappa shape index (κ3) is 3.92. The Morgan fingerprint density at radius 2 is 2.00 bits per heavy atom. The maximum atomic E-state index is 12.2. The Labute approximate surface area is 148 Å². The fourth-order valence-corrected chi connectivity index (χ4v) is 3.29. The summed E-state index contributed by atoms with van der Waals surface area (Å²) in [6, 6.07) is 7.99. The molecule has 0 spiro atoms. The highest BCUT2D eigenvalue weighted by molar-refractivity contribution is 7.17. The summed E-state index contributed by atoms with van der Waals surface area (Å²) in [5.41, 5.74) is 0.903. The number of rotatable bonds is 6. The average Bonchev–Trinajstić information content (AvgIpc) is 3.11. The van der Waals surface area contributed by atoms with E-state index < -0.39 is 17.9 Å². The molecule has 0 saturated heterocycles. The number of aliphatic carboxylic acids is 1. The van der Waals surface area contributed by atoms with Crippen LogP contribution >= 0.6 is 11.3 Å². The van der Waals surface area contributed by atoms with E-state index in [-0.39, 0.29) is 6.61 Å². The van der Waals surface area contributed by atoms with Gasteiger partial charge < -0.3 is 24.6 Å². The van der Waals surface area contributed by atoms with Gasteiger partial charge in [-0.2, -0.15) is 0 Å². The van der Waals surface area contributed by atoms with Gasteiger partial charge in [-0.1, -0.05) is 0 Å². The summed E-state index contributed by atoms with van der Waals surface area (Å²) in [6.45, 7) is 0.938. The van der Waals surface area contributed by atoms with Gasteiger partial charge in [0.15, 0.2) is 17.5 Å². The van der Waals surface area contributed by atoms with Gasteiger partial charge in [-0.05, 0) is 35.9 Å². The van der Waals surface area contributed by atoms with E-state index in [9.17, 15) is 9.59 Å². The van der Waals surface area contributed by atoms with Crippen LogP contribution in [-0.4, -0.2) is 50.0 Å². The van der Waals surface area contributed by atoms with E-state index in [2.05, 4.69) is 5.32 Å². The summed E-state index contributed by atoms with van der Waals surface area (Å²) >= 11 is 1.27. The lowest BCUT2D eigenvalue weighted by Crippen LogP contribution is -2.43. The summed E-state index contributed by atoms with van der Waals surface area (Å²) in [5, 5.41) is 11.5. The van der Waals surface area contributed by atoms with Crippen molar-refractivity contribution in [2.24, 2.45) is 0 Å². The number of ether oxygens (including phenoxy) is 3. The van der Waals surface area contributed by atoms with Crippen LogP contribution < -0.4 is 14.8 Å². The zero-order valence-electron chi connectivity index (χ0n) is 13.5. The summed E-state index contributed by atoms with van der Waals surface area (Å²) in [7, 11) is 1.38. The number of fused-ring (bicyclic) bond motifs is 1. The van der Waals surface area contributed by atoms with E-state index in [1.54, 1.807) is 6.07 Å². The molecule has 3 rings (SSSR count). The highest BCUT2D eigenvalue weighted by Crippen LogP contribution is 2.36. The van der Waals surface area contributed by atoms with Crippen molar-refractivity contribution in [2.75, 3.05) is 26.9 Å². The van der Waals surface area contributed by atoms with Crippen molar-refractivity contribution in [3.05, 3.63) is 35.2 Å². The van der Waals surface area contributed by atoms with Crippen LogP contribution in [0.4, 0.5) is 0 Å². The Morgan fingerprint density at radius 3 is 2.72 bits per heavy atom. The lowest BCUT2D eigenvalue weighted by Gasteiger charge is -2.18. The van der Waals surface area contributed by atoms with Crippen LogP contribution in [0.2, 0.25) is 0 Å². The van der Waals surface area contributed by atoms with Gasteiger partial charge in [-0.25, -0.2) is 4.79 Å². The SMILES string of the molecule is COCC(NC(=O)c1ccc(-c2ccc3c(c2)OCCO3)s1)C(=O)O. The van der Waals surface area contributed by atoms with Crippen molar-refractivity contribution in [3.8, 4) is 21.9 Å². The van der Waals surface area contributed by atoms with Gasteiger partial charge in [0, 0.05) is 12.0 Å². The molecule has 0 saturated carbocycles. The standard InChI is InChI=1S/C17H17NO6S/c1-22-9-11(17(20)21)18-16(19)15-5-4-14(25-15)10-2-3-12-13(8-10)24-7-6-23-12/h2-5,8,11H,6-7,9H2,1H3,(H,18,19)(H,20,21). The zero-order valence-corrected chi connectivity index (χ0v) is 14.3. The van der Waals surface area contributed by atoms with Gasteiger partial charge >= 0.3 is 5.97 Å². The zero-order chi connectivity index (χ0) is 17.8. The summed E-state index contributed by atoms with van der Waals surface area (Å²) < 4.78 is 15.9. The molecule has 1 aliphatic rings. The maximum absolute atomic E-state index is 12.2. The summed E-state index contributed by atoms with van der Waals surface area (Å²) in [6.07, 6.45) is 0. The van der Waals surface area contributed by atoms with Gasteiger partial charge in [-0.3, -0.25) is 4.79 Å². The second-order valence-electron chi connectivity index (χ2n) is 5.34. The predicted molar refractivity (Wildman–Crippen MR) is 91.5 cm³/mol. The molecule has 25 heavy (non-hydrogen) atoms. The molecule has 0 radical (unpaired) electrons.